The first kappa shape index (κ1) is 12.0. The monoisotopic (exact) mass is 259 g/mol. The molecule has 2 heterocycles. The zero-order valence-electron chi connectivity index (χ0n) is 10.6. The Bertz CT molecular complexity index is 620. The summed E-state index contributed by atoms with van der Waals surface area (Å²) in [6.45, 7) is 1.49. The molecule has 1 aliphatic heterocycles. The van der Waals surface area contributed by atoms with Crippen LogP contribution in [-0.2, 0) is 0 Å². The van der Waals surface area contributed by atoms with Crippen LogP contribution in [-0.4, -0.2) is 40.6 Å². The number of aromatic amines is 1. The van der Waals surface area contributed by atoms with Crippen LogP contribution in [0.25, 0.3) is 10.9 Å². The zero-order chi connectivity index (χ0) is 13.4. The summed E-state index contributed by atoms with van der Waals surface area (Å²) in [6.07, 6.45) is 0.870. The van der Waals surface area contributed by atoms with Crippen LogP contribution in [0.2, 0.25) is 0 Å². The van der Waals surface area contributed by atoms with Crippen LogP contribution in [0.15, 0.2) is 24.3 Å². The van der Waals surface area contributed by atoms with E-state index < -0.39 is 0 Å². The first-order chi connectivity index (χ1) is 9.17. The number of rotatable bonds is 2. The number of aromatic nitrogens is 1. The number of aliphatic hydroxyl groups excluding tert-OH is 1. The average Bonchev–Trinajstić information content (AvgIpc) is 3.03. The Balaban J connectivity index is 1.86. The highest BCUT2D eigenvalue weighted by molar-refractivity contribution is 5.98. The van der Waals surface area contributed by atoms with Crippen molar-refractivity contribution in [2.75, 3.05) is 25.4 Å². The van der Waals surface area contributed by atoms with E-state index >= 15 is 0 Å². The fraction of sp³-hybridized carbons (Fsp3) is 0.357. The van der Waals surface area contributed by atoms with Crippen LogP contribution in [0.4, 0.5) is 5.69 Å². The van der Waals surface area contributed by atoms with Gasteiger partial charge in [0.15, 0.2) is 0 Å². The molecule has 1 aliphatic rings. The third kappa shape index (κ3) is 2.17. The molecule has 4 N–H and O–H groups in total. The highest BCUT2D eigenvalue weighted by Gasteiger charge is 2.27. The van der Waals surface area contributed by atoms with Gasteiger partial charge in [0.1, 0.15) is 5.69 Å². The molecule has 3 rings (SSSR count). The minimum Gasteiger partial charge on any atom is -0.399 e. The number of nitrogens with one attached hydrogen (secondary N) is 1. The van der Waals surface area contributed by atoms with Crippen molar-refractivity contribution in [1.82, 2.24) is 9.88 Å². The van der Waals surface area contributed by atoms with Gasteiger partial charge in [-0.25, -0.2) is 0 Å². The Morgan fingerprint density at radius 2 is 2.32 bits per heavy atom. The maximum absolute atomic E-state index is 12.3. The van der Waals surface area contributed by atoms with Gasteiger partial charge >= 0.3 is 0 Å². The second kappa shape index (κ2) is 4.59. The van der Waals surface area contributed by atoms with Crippen molar-refractivity contribution in [2.24, 2.45) is 5.92 Å². The Morgan fingerprint density at radius 3 is 3.05 bits per heavy atom. The average molecular weight is 259 g/mol. The highest BCUT2D eigenvalue weighted by Crippen LogP contribution is 2.22. The topological polar surface area (TPSA) is 82.4 Å². The molecule has 5 heteroatoms. The van der Waals surface area contributed by atoms with Crippen molar-refractivity contribution in [2.45, 2.75) is 6.42 Å². The third-order valence-electron chi connectivity index (χ3n) is 3.71. The molecular weight excluding hydrogens is 242 g/mol. The molecule has 5 nitrogen and oxygen atoms in total. The molecule has 0 radical (unpaired) electrons. The summed E-state index contributed by atoms with van der Waals surface area (Å²) in [6, 6.07) is 7.37. The van der Waals surface area contributed by atoms with Gasteiger partial charge in [-0.2, -0.15) is 0 Å². The lowest BCUT2D eigenvalue weighted by molar-refractivity contribution is 0.0777. The van der Waals surface area contributed by atoms with E-state index in [1.54, 1.807) is 4.90 Å². The summed E-state index contributed by atoms with van der Waals surface area (Å²) in [5.41, 5.74) is 7.91. The summed E-state index contributed by atoms with van der Waals surface area (Å²) in [5.74, 6) is 0.203. The van der Waals surface area contributed by atoms with E-state index in [4.69, 9.17) is 10.8 Å². The first-order valence-electron chi connectivity index (χ1n) is 6.46. The van der Waals surface area contributed by atoms with E-state index in [9.17, 15) is 4.79 Å². The summed E-state index contributed by atoms with van der Waals surface area (Å²) >= 11 is 0. The van der Waals surface area contributed by atoms with Gasteiger partial charge < -0.3 is 20.7 Å². The van der Waals surface area contributed by atoms with Gasteiger partial charge in [0.2, 0.25) is 0 Å². The molecule has 19 heavy (non-hydrogen) atoms. The summed E-state index contributed by atoms with van der Waals surface area (Å²) in [5, 5.41) is 10.1. The number of likely N-dealkylation sites (tertiary alicyclic amines) is 1. The molecule has 1 amide bonds. The normalized spacial score (nSPS) is 19.2. The van der Waals surface area contributed by atoms with Crippen LogP contribution in [0, 0.1) is 5.92 Å². The number of carbonyl (C=O) groups is 1. The molecule has 0 spiro atoms. The number of aliphatic hydroxyl groups is 1. The highest BCUT2D eigenvalue weighted by atomic mass is 16.3. The third-order valence-corrected chi connectivity index (χ3v) is 3.71. The predicted octanol–water partition coefficient (Wildman–Crippen LogP) is 1.20. The molecule has 1 saturated heterocycles. The smallest absolute Gasteiger partial charge is 0.270 e. The van der Waals surface area contributed by atoms with Crippen molar-refractivity contribution in [3.63, 3.8) is 0 Å². The Morgan fingerprint density at radius 1 is 1.47 bits per heavy atom. The van der Waals surface area contributed by atoms with E-state index in [1.807, 2.05) is 24.3 Å². The molecule has 1 unspecified atom stereocenters. The van der Waals surface area contributed by atoms with Crippen LogP contribution >= 0.6 is 0 Å². The van der Waals surface area contributed by atoms with Crippen molar-refractivity contribution in [3.8, 4) is 0 Å². The number of nitrogens with two attached hydrogens (primary N) is 1. The second-order valence-corrected chi connectivity index (χ2v) is 5.12. The number of H-pyrrole nitrogens is 1. The zero-order valence-corrected chi connectivity index (χ0v) is 10.6. The molecule has 100 valence electrons. The Hall–Kier alpha value is -2.01. The Kier molecular flexibility index (Phi) is 2.91. The number of hydrogen-bond acceptors (Lipinski definition) is 3. The molecule has 1 fully saturated rings. The first-order valence-corrected chi connectivity index (χ1v) is 6.46. The molecule has 0 saturated carbocycles. The number of carbonyl (C=O) groups excluding carboxylic acids is 1. The number of fused-ring (bicyclic) bond motifs is 1. The lowest BCUT2D eigenvalue weighted by Crippen LogP contribution is -2.29. The predicted molar refractivity (Wildman–Crippen MR) is 73.8 cm³/mol. The summed E-state index contributed by atoms with van der Waals surface area (Å²) < 4.78 is 0. The maximum Gasteiger partial charge on any atom is 0.270 e. The minimum atomic E-state index is -0.00859. The molecule has 2 aromatic rings. The molecule has 1 aromatic heterocycles. The standard InChI is InChI=1S/C14H17N3O2/c15-11-1-2-12-10(5-11)6-13(16-12)14(19)17-4-3-9(7-17)8-18/h1-2,5-6,9,16,18H,3-4,7-8,15H2. The lowest BCUT2D eigenvalue weighted by Gasteiger charge is -2.14. The van der Waals surface area contributed by atoms with Gasteiger partial charge in [-0.1, -0.05) is 0 Å². The van der Waals surface area contributed by atoms with E-state index in [1.165, 1.54) is 0 Å². The van der Waals surface area contributed by atoms with E-state index in [2.05, 4.69) is 4.98 Å². The van der Waals surface area contributed by atoms with E-state index in [-0.39, 0.29) is 18.4 Å². The SMILES string of the molecule is Nc1ccc2[nH]c(C(=O)N3CCC(CO)C3)cc2c1. The fourth-order valence-electron chi connectivity index (χ4n) is 2.60. The van der Waals surface area contributed by atoms with Gasteiger partial charge in [0.25, 0.3) is 5.91 Å². The number of benzene rings is 1. The largest absolute Gasteiger partial charge is 0.399 e. The Labute approximate surface area is 111 Å². The molecule has 0 bridgehead atoms. The van der Waals surface area contributed by atoms with Crippen molar-refractivity contribution < 1.29 is 9.90 Å². The molecule has 1 atom stereocenters. The summed E-state index contributed by atoms with van der Waals surface area (Å²) in [4.78, 5) is 17.3. The van der Waals surface area contributed by atoms with Gasteiger partial charge in [-0.3, -0.25) is 4.79 Å². The number of anilines is 1. The van der Waals surface area contributed by atoms with Crippen LogP contribution < -0.4 is 5.73 Å². The molecule has 0 aliphatic carbocycles. The van der Waals surface area contributed by atoms with Crippen LogP contribution in [0.3, 0.4) is 0 Å². The van der Waals surface area contributed by atoms with E-state index in [0.29, 0.717) is 24.5 Å². The number of nitrogen functional groups attached to an aromatic ring is 1. The fourth-order valence-corrected chi connectivity index (χ4v) is 2.60. The molecule has 1 aromatic carbocycles. The van der Waals surface area contributed by atoms with E-state index in [0.717, 1.165) is 17.3 Å². The van der Waals surface area contributed by atoms with Crippen LogP contribution in [0.5, 0.6) is 0 Å². The number of amides is 1. The molecular formula is C14H17N3O2. The second-order valence-electron chi connectivity index (χ2n) is 5.12. The van der Waals surface area contributed by atoms with Gasteiger partial charge in [0.05, 0.1) is 0 Å². The van der Waals surface area contributed by atoms with Gasteiger partial charge in [0, 0.05) is 42.2 Å². The number of hydrogen-bond donors (Lipinski definition) is 3. The number of nitrogens with zero attached hydrogens (tertiary/aromatic N) is 1. The van der Waals surface area contributed by atoms with Crippen molar-refractivity contribution >= 4 is 22.5 Å². The quantitative estimate of drug-likeness (QED) is 0.709. The summed E-state index contributed by atoms with van der Waals surface area (Å²) in [7, 11) is 0. The lowest BCUT2D eigenvalue weighted by atomic mass is 10.1. The van der Waals surface area contributed by atoms with Gasteiger partial charge in [-0.05, 0) is 30.7 Å². The maximum atomic E-state index is 12.3. The van der Waals surface area contributed by atoms with Crippen LogP contribution in [0.1, 0.15) is 16.9 Å². The van der Waals surface area contributed by atoms with Gasteiger partial charge in [-0.15, -0.1) is 0 Å². The van der Waals surface area contributed by atoms with Crippen molar-refractivity contribution in [1.29, 1.82) is 0 Å². The van der Waals surface area contributed by atoms with Crippen molar-refractivity contribution in [3.05, 3.63) is 30.0 Å². The minimum absolute atomic E-state index is 0.00859.